The van der Waals surface area contributed by atoms with Crippen molar-refractivity contribution in [1.29, 1.82) is 0 Å². The molecule has 12 nitrogen and oxygen atoms in total. The van der Waals surface area contributed by atoms with E-state index in [4.69, 9.17) is 10.5 Å². The van der Waals surface area contributed by atoms with E-state index in [0.717, 1.165) is 18.1 Å². The standard InChI is InChI=1S/C21H21F6N6O6PS/c1-11-6-18(11,39-19(40(36,37)38,7-20(22,23)24)8-21(25,26)27)9-32-10-29-14-15(32)30-17(28)31-16(14)41-13-4-2-12(3-5-13)33(34)35/h2-5,10-11H,6-9H2,1H3,(H2,28,30,31)(H2,36,37,38)/p-2. The average molecular weight is 628 g/mol. The Labute approximate surface area is 230 Å². The van der Waals surface area contributed by atoms with Crippen LogP contribution in [0.4, 0.5) is 38.0 Å². The van der Waals surface area contributed by atoms with E-state index in [1.165, 1.54) is 35.8 Å². The molecule has 41 heavy (non-hydrogen) atoms. The number of nitro groups is 1. The van der Waals surface area contributed by atoms with Crippen molar-refractivity contribution < 1.29 is 50.4 Å². The Morgan fingerprint density at radius 1 is 1.15 bits per heavy atom. The molecule has 2 atom stereocenters. The lowest BCUT2D eigenvalue weighted by molar-refractivity contribution is -0.384. The summed E-state index contributed by atoms with van der Waals surface area (Å²) in [7, 11) is -6.66. The number of hydrogen-bond acceptors (Lipinski definition) is 11. The van der Waals surface area contributed by atoms with Crippen LogP contribution in [0.5, 0.6) is 0 Å². The maximum Gasteiger partial charge on any atom is 0.392 e. The van der Waals surface area contributed by atoms with Gasteiger partial charge in [-0.25, -0.2) is 9.97 Å². The van der Waals surface area contributed by atoms with E-state index in [1.807, 2.05) is 0 Å². The molecule has 0 bridgehead atoms. The van der Waals surface area contributed by atoms with Gasteiger partial charge in [0.25, 0.3) is 5.69 Å². The number of rotatable bonds is 10. The first-order valence-electron chi connectivity index (χ1n) is 11.5. The number of nitro benzene ring substituents is 1. The largest absolute Gasteiger partial charge is 0.809 e. The predicted molar refractivity (Wildman–Crippen MR) is 126 cm³/mol. The van der Waals surface area contributed by atoms with Crippen molar-refractivity contribution in [2.24, 2.45) is 5.92 Å². The average Bonchev–Trinajstić information content (AvgIpc) is 3.22. The van der Waals surface area contributed by atoms with E-state index in [9.17, 15) is 50.8 Å². The van der Waals surface area contributed by atoms with Crippen molar-refractivity contribution in [2.45, 2.75) is 65.9 Å². The molecular weight excluding hydrogens is 609 g/mol. The Balaban J connectivity index is 1.70. The van der Waals surface area contributed by atoms with Crippen molar-refractivity contribution in [1.82, 2.24) is 19.5 Å². The van der Waals surface area contributed by atoms with Gasteiger partial charge in [0, 0.05) is 17.0 Å². The summed E-state index contributed by atoms with van der Waals surface area (Å²) in [6, 6.07) is 5.36. The Bertz CT molecular complexity index is 1500. The molecule has 2 unspecified atom stereocenters. The van der Waals surface area contributed by atoms with Crippen LogP contribution in [0.25, 0.3) is 11.2 Å². The normalized spacial score (nSPS) is 20.0. The molecule has 0 saturated heterocycles. The fourth-order valence-corrected chi connectivity index (χ4v) is 6.32. The van der Waals surface area contributed by atoms with E-state index < -0.39 is 61.1 Å². The number of halogens is 6. The molecule has 224 valence electrons. The van der Waals surface area contributed by atoms with Crippen LogP contribution >= 0.6 is 19.4 Å². The van der Waals surface area contributed by atoms with Gasteiger partial charge in [-0.2, -0.15) is 31.3 Å². The Kier molecular flexibility index (Phi) is 7.83. The maximum absolute atomic E-state index is 13.3. The highest BCUT2D eigenvalue weighted by molar-refractivity contribution is 7.99. The van der Waals surface area contributed by atoms with E-state index in [0.29, 0.717) is 4.90 Å². The number of alkyl halides is 6. The highest BCUT2D eigenvalue weighted by atomic mass is 32.2. The molecule has 1 saturated carbocycles. The third-order valence-electron chi connectivity index (χ3n) is 6.38. The fraction of sp³-hybridized carbons (Fsp3) is 0.476. The zero-order valence-corrected chi connectivity index (χ0v) is 22.4. The van der Waals surface area contributed by atoms with E-state index in [2.05, 4.69) is 15.0 Å². The molecule has 1 aliphatic rings. The van der Waals surface area contributed by atoms with E-state index >= 15 is 0 Å². The van der Waals surface area contributed by atoms with Gasteiger partial charge in [0.2, 0.25) is 5.95 Å². The summed E-state index contributed by atoms with van der Waals surface area (Å²) in [5.74, 6) is -1.03. The predicted octanol–water partition coefficient (Wildman–Crippen LogP) is 3.78. The van der Waals surface area contributed by atoms with Crippen LogP contribution in [-0.2, 0) is 15.8 Å². The van der Waals surface area contributed by atoms with E-state index in [-0.39, 0.29) is 34.2 Å². The minimum Gasteiger partial charge on any atom is -0.809 e. The third-order valence-corrected chi connectivity index (χ3v) is 8.78. The molecule has 2 heterocycles. The molecule has 2 N–H and O–H groups in total. The number of nitrogen functional groups attached to an aromatic ring is 1. The van der Waals surface area contributed by atoms with Crippen LogP contribution in [0.15, 0.2) is 40.5 Å². The molecular formula is C21H19F6N6O6PS-2. The lowest BCUT2D eigenvalue weighted by Crippen LogP contribution is -2.51. The summed E-state index contributed by atoms with van der Waals surface area (Å²) in [5.41, 5.74) is 3.83. The number of nitrogens with zero attached hydrogens (tertiary/aromatic N) is 5. The number of ether oxygens (including phenoxy) is 1. The SMILES string of the molecule is CC1CC1(Cn1cnc2c(Sc3ccc([N+](=O)[O-])cc3)nc(N)nc21)OC(CC(F)(F)F)(CC(F)(F)F)P(=O)([O-])[O-]. The van der Waals surface area contributed by atoms with Crippen molar-refractivity contribution in [3.63, 3.8) is 0 Å². The molecule has 3 aromatic rings. The summed E-state index contributed by atoms with van der Waals surface area (Å²) in [6.07, 6.45) is -15.3. The number of nitrogens with two attached hydrogens (primary N) is 1. The lowest BCUT2D eigenvalue weighted by Gasteiger charge is -2.51. The molecule has 1 aromatic carbocycles. The number of benzene rings is 1. The molecule has 4 rings (SSSR count). The van der Waals surface area contributed by atoms with Gasteiger partial charge in [0.1, 0.15) is 15.9 Å². The first-order chi connectivity index (χ1) is 18.7. The topological polar surface area (TPSA) is 185 Å². The summed E-state index contributed by atoms with van der Waals surface area (Å²) in [6.45, 7) is 0.894. The van der Waals surface area contributed by atoms with Gasteiger partial charge in [-0.3, -0.25) is 10.1 Å². The summed E-state index contributed by atoms with van der Waals surface area (Å²) >= 11 is 0.995. The van der Waals surface area contributed by atoms with Crippen LogP contribution in [0.1, 0.15) is 26.2 Å². The second-order valence-electron chi connectivity index (χ2n) is 9.58. The van der Waals surface area contributed by atoms with Crippen LogP contribution in [0.3, 0.4) is 0 Å². The van der Waals surface area contributed by atoms with Crippen molar-refractivity contribution in [2.75, 3.05) is 5.73 Å². The number of anilines is 1. The molecule has 1 aliphatic carbocycles. The number of imidazole rings is 1. The molecule has 20 heteroatoms. The van der Waals surface area contributed by atoms with Gasteiger partial charge >= 0.3 is 12.4 Å². The van der Waals surface area contributed by atoms with Crippen LogP contribution in [-0.4, -0.2) is 47.7 Å². The van der Waals surface area contributed by atoms with E-state index in [1.54, 1.807) is 0 Å². The first-order valence-corrected chi connectivity index (χ1v) is 13.8. The van der Waals surface area contributed by atoms with Gasteiger partial charge in [-0.1, -0.05) is 18.7 Å². The van der Waals surface area contributed by atoms with Gasteiger partial charge in [0.05, 0.1) is 36.2 Å². The second kappa shape index (κ2) is 10.4. The van der Waals surface area contributed by atoms with Gasteiger partial charge in [-0.15, -0.1) is 0 Å². The van der Waals surface area contributed by atoms with Crippen LogP contribution < -0.4 is 15.5 Å². The number of fused-ring (bicyclic) bond motifs is 1. The molecule has 0 amide bonds. The van der Waals surface area contributed by atoms with Crippen LogP contribution in [0.2, 0.25) is 0 Å². The van der Waals surface area contributed by atoms with Gasteiger partial charge < -0.3 is 29.4 Å². The Morgan fingerprint density at radius 2 is 1.71 bits per heavy atom. The smallest absolute Gasteiger partial charge is 0.392 e. The number of non-ortho nitro benzene ring substituents is 1. The highest BCUT2D eigenvalue weighted by Gasteiger charge is 2.62. The minimum absolute atomic E-state index is 0.00587. The van der Waals surface area contributed by atoms with Gasteiger partial charge in [0.15, 0.2) is 5.65 Å². The molecule has 0 spiro atoms. The number of hydrogen-bond donors (Lipinski definition) is 1. The molecule has 1 fully saturated rings. The second-order valence-corrected chi connectivity index (χ2v) is 12.5. The lowest BCUT2D eigenvalue weighted by atomic mass is 10.1. The maximum atomic E-state index is 13.3. The zero-order valence-electron chi connectivity index (χ0n) is 20.7. The molecule has 0 radical (unpaired) electrons. The van der Waals surface area contributed by atoms with Crippen molar-refractivity contribution >= 4 is 42.2 Å². The van der Waals surface area contributed by atoms with Crippen LogP contribution in [0, 0.1) is 16.0 Å². The minimum atomic E-state index is -6.66. The highest BCUT2D eigenvalue weighted by Crippen LogP contribution is 2.61. The summed E-state index contributed by atoms with van der Waals surface area (Å²) < 4.78 is 98.4. The Morgan fingerprint density at radius 3 is 2.17 bits per heavy atom. The van der Waals surface area contributed by atoms with Crippen molar-refractivity contribution in [3.05, 3.63) is 40.7 Å². The fourth-order valence-electron chi connectivity index (χ4n) is 4.40. The molecule has 2 aromatic heterocycles. The quantitative estimate of drug-likeness (QED) is 0.113. The zero-order chi connectivity index (χ0) is 30.6. The third kappa shape index (κ3) is 6.91. The first kappa shape index (κ1) is 31.0. The molecule has 0 aliphatic heterocycles. The Hall–Kier alpha value is -2.99. The van der Waals surface area contributed by atoms with Crippen molar-refractivity contribution in [3.8, 4) is 0 Å². The van der Waals surface area contributed by atoms with Gasteiger partial charge in [-0.05, 0) is 32.1 Å². The summed E-state index contributed by atoms with van der Waals surface area (Å²) in [4.78, 5) is 47.1. The summed E-state index contributed by atoms with van der Waals surface area (Å²) in [5, 5.41) is 6.92. The number of aromatic nitrogens is 4. The monoisotopic (exact) mass is 628 g/mol.